The number of amides is 3. The molecule has 4 heterocycles. The lowest BCUT2D eigenvalue weighted by Crippen LogP contribution is -2.58. The average molecular weight is 609 g/mol. The van der Waals surface area contributed by atoms with Crippen molar-refractivity contribution in [1.82, 2.24) is 15.1 Å². The van der Waals surface area contributed by atoms with Gasteiger partial charge in [-0.15, -0.1) is 11.8 Å². The van der Waals surface area contributed by atoms with E-state index in [1.54, 1.807) is 16.7 Å². The molecule has 1 aromatic carbocycles. The van der Waals surface area contributed by atoms with E-state index in [0.717, 1.165) is 43.8 Å². The van der Waals surface area contributed by atoms with Crippen LogP contribution in [0.5, 0.6) is 0 Å². The number of nitrogens with one attached hydrogen (secondary N) is 2. The van der Waals surface area contributed by atoms with Crippen molar-refractivity contribution < 1.29 is 19.1 Å². The first-order valence-electron chi connectivity index (χ1n) is 16.4. The molecular weight excluding hydrogens is 560 g/mol. The molecule has 2 bridgehead atoms. The number of thioether (sulfide) groups is 1. The van der Waals surface area contributed by atoms with Gasteiger partial charge in [0.1, 0.15) is 11.6 Å². The number of ether oxygens (including phenoxy) is 1. The van der Waals surface area contributed by atoms with Gasteiger partial charge in [0.05, 0.1) is 17.9 Å². The average Bonchev–Trinajstić information content (AvgIpc) is 3.63. The third-order valence-corrected chi connectivity index (χ3v) is 11.6. The quantitative estimate of drug-likeness (QED) is 0.316. The number of carbonyl (C=O) groups excluding carboxylic acids is 3. The smallest absolute Gasteiger partial charge is 0.246 e. The molecule has 9 atom stereocenters. The fourth-order valence-corrected chi connectivity index (χ4v) is 8.90. The Labute approximate surface area is 260 Å². The number of anilines is 1. The summed E-state index contributed by atoms with van der Waals surface area (Å²) in [7, 11) is 0. The van der Waals surface area contributed by atoms with Crippen LogP contribution >= 0.6 is 11.8 Å². The third kappa shape index (κ3) is 5.77. The van der Waals surface area contributed by atoms with Crippen LogP contribution in [0, 0.1) is 29.6 Å². The summed E-state index contributed by atoms with van der Waals surface area (Å²) in [5, 5.41) is 6.42. The van der Waals surface area contributed by atoms with Crippen LogP contribution in [0.4, 0.5) is 5.69 Å². The van der Waals surface area contributed by atoms with Crippen LogP contribution < -0.4 is 10.6 Å². The van der Waals surface area contributed by atoms with Crippen LogP contribution in [0.25, 0.3) is 0 Å². The summed E-state index contributed by atoms with van der Waals surface area (Å²) in [5.41, 5.74) is -0.427. The second kappa shape index (κ2) is 12.6. The Morgan fingerprint density at radius 1 is 1.09 bits per heavy atom. The van der Waals surface area contributed by atoms with E-state index in [4.69, 9.17) is 4.74 Å². The highest BCUT2D eigenvalue weighted by Crippen LogP contribution is 2.55. The van der Waals surface area contributed by atoms with Crippen LogP contribution in [-0.4, -0.2) is 83.7 Å². The lowest BCUT2D eigenvalue weighted by molar-refractivity contribution is -0.141. The molecule has 1 aromatic rings. The van der Waals surface area contributed by atoms with Crippen LogP contribution in [-0.2, 0) is 19.1 Å². The largest absolute Gasteiger partial charge is 0.359 e. The maximum absolute atomic E-state index is 14.3. The molecule has 0 aromatic heterocycles. The summed E-state index contributed by atoms with van der Waals surface area (Å²) in [4.78, 5) is 47.7. The zero-order valence-electron chi connectivity index (χ0n) is 26.1. The van der Waals surface area contributed by atoms with Gasteiger partial charge in [-0.3, -0.25) is 14.4 Å². The summed E-state index contributed by atoms with van der Waals surface area (Å²) in [6.07, 6.45) is 11.7. The minimum absolute atomic E-state index is 0.0730. The molecule has 5 aliphatic rings. The van der Waals surface area contributed by atoms with E-state index in [0.29, 0.717) is 30.0 Å². The fourth-order valence-electron chi connectivity index (χ4n) is 8.44. The zero-order chi connectivity index (χ0) is 30.3. The number of carbonyl (C=O) groups is 3. The maximum atomic E-state index is 14.3. The molecule has 8 nitrogen and oxygen atoms in total. The lowest BCUT2D eigenvalue weighted by atomic mass is 9.73. The predicted octanol–water partition coefficient (Wildman–Crippen LogP) is 4.56. The highest BCUT2D eigenvalue weighted by molar-refractivity contribution is 7.98. The Kier molecular flexibility index (Phi) is 8.96. The molecule has 3 saturated heterocycles. The number of likely N-dealkylation sites (tertiary alicyclic amines) is 2. The maximum Gasteiger partial charge on any atom is 0.246 e. The van der Waals surface area contributed by atoms with Gasteiger partial charge in [-0.25, -0.2) is 0 Å². The van der Waals surface area contributed by atoms with Crippen LogP contribution in [0.3, 0.4) is 0 Å². The lowest BCUT2D eigenvalue weighted by Gasteiger charge is -2.38. The van der Waals surface area contributed by atoms with E-state index in [-0.39, 0.29) is 23.8 Å². The van der Waals surface area contributed by atoms with Gasteiger partial charge in [-0.05, 0) is 81.0 Å². The number of fused-ring (bicyclic) bond motifs is 1. The molecule has 2 N–H and O–H groups in total. The van der Waals surface area contributed by atoms with Gasteiger partial charge in [-0.2, -0.15) is 0 Å². The number of piperidine rings is 1. The SMILES string of the molecule is CSc1cccc(NC(=O)C2C3C=CC4(O3)C2C(=O)N(CCCN2CCCC(C)C2)C4C(=O)NC2CCCC(C)C2C)c1. The standard InChI is InChI=1S/C34H48N4O4S/c1-21-9-7-16-37(20-21)17-8-18-38-30(32(40)36-26-13-5-10-22(2)23(26)3)34-15-14-27(42-34)28(29(34)33(38)41)31(39)35-24-11-6-12-25(19-24)43-4/h6,11-12,14-15,19,21-23,26-30H,5,7-10,13,16-18,20H2,1-4H3,(H,35,39)(H,36,40). The van der Waals surface area contributed by atoms with Gasteiger partial charge < -0.3 is 25.2 Å². The Bertz CT molecular complexity index is 1260. The van der Waals surface area contributed by atoms with Crippen molar-refractivity contribution in [1.29, 1.82) is 0 Å². The van der Waals surface area contributed by atoms with Crippen molar-refractivity contribution in [2.75, 3.05) is 37.8 Å². The summed E-state index contributed by atoms with van der Waals surface area (Å²) in [6, 6.07) is 7.01. The second-order valence-corrected chi connectivity index (χ2v) is 14.6. The minimum atomic E-state index is -1.13. The van der Waals surface area contributed by atoms with Crippen molar-refractivity contribution in [3.63, 3.8) is 0 Å². The van der Waals surface area contributed by atoms with Crippen molar-refractivity contribution in [3.8, 4) is 0 Å². The van der Waals surface area contributed by atoms with Crippen molar-refractivity contribution >= 4 is 35.2 Å². The van der Waals surface area contributed by atoms with E-state index >= 15 is 0 Å². The molecule has 0 radical (unpaired) electrons. The minimum Gasteiger partial charge on any atom is -0.359 e. The predicted molar refractivity (Wildman–Crippen MR) is 170 cm³/mol. The molecule has 1 spiro atoms. The summed E-state index contributed by atoms with van der Waals surface area (Å²) in [5.74, 6) is -0.338. The molecule has 6 rings (SSSR count). The molecule has 4 aliphatic heterocycles. The first kappa shape index (κ1) is 30.7. The third-order valence-electron chi connectivity index (χ3n) is 10.9. The number of rotatable bonds is 9. The van der Waals surface area contributed by atoms with Gasteiger partial charge in [0, 0.05) is 29.7 Å². The van der Waals surface area contributed by atoms with Crippen molar-refractivity contribution in [3.05, 3.63) is 36.4 Å². The Morgan fingerprint density at radius 2 is 1.93 bits per heavy atom. The van der Waals surface area contributed by atoms with Gasteiger partial charge in [-0.1, -0.05) is 51.8 Å². The molecule has 9 heteroatoms. The van der Waals surface area contributed by atoms with Crippen molar-refractivity contribution in [2.24, 2.45) is 29.6 Å². The summed E-state index contributed by atoms with van der Waals surface area (Å²) in [6.45, 7) is 10.3. The molecule has 43 heavy (non-hydrogen) atoms. The number of hydrogen-bond acceptors (Lipinski definition) is 6. The Morgan fingerprint density at radius 3 is 2.72 bits per heavy atom. The first-order chi connectivity index (χ1) is 20.7. The molecule has 3 amide bonds. The monoisotopic (exact) mass is 608 g/mol. The molecule has 1 aliphatic carbocycles. The normalized spacial score (nSPS) is 37.0. The second-order valence-electron chi connectivity index (χ2n) is 13.7. The highest BCUT2D eigenvalue weighted by atomic mass is 32.2. The first-order valence-corrected chi connectivity index (χ1v) is 17.6. The molecule has 9 unspecified atom stereocenters. The van der Waals surface area contributed by atoms with Gasteiger partial charge in [0.15, 0.2) is 0 Å². The molecule has 234 valence electrons. The van der Waals surface area contributed by atoms with Gasteiger partial charge in [0.2, 0.25) is 17.7 Å². The van der Waals surface area contributed by atoms with Crippen LogP contribution in [0.1, 0.15) is 59.3 Å². The van der Waals surface area contributed by atoms with Gasteiger partial charge in [0.25, 0.3) is 0 Å². The van der Waals surface area contributed by atoms with E-state index in [1.807, 2.05) is 42.7 Å². The topological polar surface area (TPSA) is 91.0 Å². The zero-order valence-corrected chi connectivity index (χ0v) is 26.9. The molecule has 4 fully saturated rings. The van der Waals surface area contributed by atoms with Crippen LogP contribution in [0.2, 0.25) is 0 Å². The molecular formula is C34H48N4O4S. The van der Waals surface area contributed by atoms with E-state index < -0.39 is 29.6 Å². The summed E-state index contributed by atoms with van der Waals surface area (Å²) >= 11 is 1.61. The number of nitrogens with zero attached hydrogens (tertiary/aromatic N) is 2. The van der Waals surface area contributed by atoms with Gasteiger partial charge >= 0.3 is 0 Å². The fraction of sp³-hybridized carbons (Fsp3) is 0.676. The highest BCUT2D eigenvalue weighted by Gasteiger charge is 2.72. The Hall–Kier alpha value is -2.36. The summed E-state index contributed by atoms with van der Waals surface area (Å²) < 4.78 is 6.57. The number of benzene rings is 1. The van der Waals surface area contributed by atoms with Crippen molar-refractivity contribution in [2.45, 2.75) is 88.0 Å². The van der Waals surface area contributed by atoms with Crippen LogP contribution in [0.15, 0.2) is 41.3 Å². The molecule has 1 saturated carbocycles. The van der Waals surface area contributed by atoms with E-state index in [1.165, 1.54) is 19.3 Å². The van der Waals surface area contributed by atoms with E-state index in [2.05, 4.69) is 36.3 Å². The Balaban J connectivity index is 1.24. The van der Waals surface area contributed by atoms with E-state index in [9.17, 15) is 14.4 Å². The number of hydrogen-bond donors (Lipinski definition) is 2.